The molecular formula is C11H12O. The first-order chi connectivity index (χ1) is 5.90. The van der Waals surface area contributed by atoms with Gasteiger partial charge < -0.3 is 4.74 Å². The molecule has 1 aromatic carbocycles. The van der Waals surface area contributed by atoms with Crippen LogP contribution in [0, 0.1) is 0 Å². The molecule has 12 heavy (non-hydrogen) atoms. The lowest BCUT2D eigenvalue weighted by Crippen LogP contribution is -2.17. The molecule has 1 atom stereocenters. The monoisotopic (exact) mass is 160 g/mol. The second kappa shape index (κ2) is 3.11. The zero-order valence-electron chi connectivity index (χ0n) is 6.99. The Hall–Kier alpha value is -1.08. The Bertz CT molecular complexity index is 270. The Balaban J connectivity index is 2.18. The van der Waals surface area contributed by atoms with Gasteiger partial charge in [0, 0.05) is 6.42 Å². The smallest absolute Gasteiger partial charge is 0.0846 e. The molecule has 0 N–H and O–H groups in total. The first-order valence-electron chi connectivity index (χ1n) is 4.24. The van der Waals surface area contributed by atoms with Gasteiger partial charge in [0.25, 0.3) is 0 Å². The van der Waals surface area contributed by atoms with Gasteiger partial charge in [-0.15, -0.1) is 0 Å². The van der Waals surface area contributed by atoms with Gasteiger partial charge >= 0.3 is 0 Å². The Kier molecular flexibility index (Phi) is 1.96. The molecule has 1 nitrogen and oxygen atoms in total. The van der Waals surface area contributed by atoms with E-state index in [2.05, 4.69) is 30.8 Å². The molecule has 0 spiro atoms. The predicted octanol–water partition coefficient (Wildman–Crippen LogP) is 2.79. The van der Waals surface area contributed by atoms with Crippen molar-refractivity contribution in [3.63, 3.8) is 0 Å². The molecule has 1 fully saturated rings. The highest BCUT2D eigenvalue weighted by Crippen LogP contribution is 2.29. The minimum Gasteiger partial charge on any atom is -0.373 e. The van der Waals surface area contributed by atoms with Crippen LogP contribution in [0.5, 0.6) is 0 Å². The van der Waals surface area contributed by atoms with Crippen molar-refractivity contribution in [1.29, 1.82) is 0 Å². The standard InChI is InChI=1S/C11H12O/c1-2-9-3-5-10(6-4-9)11-7-8-12-11/h2-6,11H,1,7-8H2. The fourth-order valence-electron chi connectivity index (χ4n) is 1.35. The van der Waals surface area contributed by atoms with Crippen molar-refractivity contribution in [2.75, 3.05) is 6.61 Å². The van der Waals surface area contributed by atoms with E-state index in [1.165, 1.54) is 5.56 Å². The third kappa shape index (κ3) is 1.28. The number of ether oxygens (including phenoxy) is 1. The van der Waals surface area contributed by atoms with E-state index < -0.39 is 0 Å². The Labute approximate surface area is 72.7 Å². The molecule has 0 aliphatic carbocycles. The van der Waals surface area contributed by atoms with E-state index in [0.717, 1.165) is 18.6 Å². The maximum absolute atomic E-state index is 5.36. The van der Waals surface area contributed by atoms with E-state index in [1.54, 1.807) is 0 Å². The maximum Gasteiger partial charge on any atom is 0.0846 e. The molecule has 1 heterocycles. The normalized spacial score (nSPS) is 21.5. The molecule has 1 aliphatic heterocycles. The number of benzene rings is 1. The van der Waals surface area contributed by atoms with Crippen molar-refractivity contribution < 1.29 is 4.74 Å². The Morgan fingerprint density at radius 3 is 2.42 bits per heavy atom. The lowest BCUT2D eigenvalue weighted by Gasteiger charge is -2.26. The zero-order valence-corrected chi connectivity index (χ0v) is 6.99. The SMILES string of the molecule is C=Cc1ccc(C2CCO2)cc1. The summed E-state index contributed by atoms with van der Waals surface area (Å²) in [6, 6.07) is 8.37. The van der Waals surface area contributed by atoms with Gasteiger partial charge in [-0.2, -0.15) is 0 Å². The van der Waals surface area contributed by atoms with E-state index in [1.807, 2.05) is 6.08 Å². The van der Waals surface area contributed by atoms with Crippen LogP contribution < -0.4 is 0 Å². The molecule has 1 unspecified atom stereocenters. The predicted molar refractivity (Wildman–Crippen MR) is 49.8 cm³/mol. The van der Waals surface area contributed by atoms with Crippen LogP contribution in [-0.2, 0) is 4.74 Å². The Morgan fingerprint density at radius 2 is 2.00 bits per heavy atom. The average Bonchev–Trinajstić information content (AvgIpc) is 2.03. The van der Waals surface area contributed by atoms with Gasteiger partial charge in [-0.05, 0) is 11.1 Å². The largest absolute Gasteiger partial charge is 0.373 e. The van der Waals surface area contributed by atoms with Gasteiger partial charge in [0.2, 0.25) is 0 Å². The minimum atomic E-state index is 0.351. The van der Waals surface area contributed by atoms with Crippen molar-refractivity contribution in [3.05, 3.63) is 42.0 Å². The van der Waals surface area contributed by atoms with Gasteiger partial charge in [0.15, 0.2) is 0 Å². The van der Waals surface area contributed by atoms with E-state index >= 15 is 0 Å². The van der Waals surface area contributed by atoms with Gasteiger partial charge in [-0.3, -0.25) is 0 Å². The molecule has 0 aromatic heterocycles. The average molecular weight is 160 g/mol. The third-order valence-electron chi connectivity index (χ3n) is 2.24. The highest BCUT2D eigenvalue weighted by Gasteiger charge is 2.19. The van der Waals surface area contributed by atoms with E-state index in [-0.39, 0.29) is 0 Å². The molecule has 2 rings (SSSR count). The molecule has 0 saturated carbocycles. The second-order valence-corrected chi connectivity index (χ2v) is 3.02. The zero-order chi connectivity index (χ0) is 8.39. The fourth-order valence-corrected chi connectivity index (χ4v) is 1.35. The molecule has 0 bridgehead atoms. The molecule has 1 saturated heterocycles. The van der Waals surface area contributed by atoms with Crippen molar-refractivity contribution in [1.82, 2.24) is 0 Å². The number of hydrogen-bond acceptors (Lipinski definition) is 1. The summed E-state index contributed by atoms with van der Waals surface area (Å²) in [6.07, 6.45) is 3.36. The van der Waals surface area contributed by atoms with Crippen LogP contribution in [-0.4, -0.2) is 6.61 Å². The van der Waals surface area contributed by atoms with Gasteiger partial charge in [-0.25, -0.2) is 0 Å². The van der Waals surface area contributed by atoms with Crippen LogP contribution in [0.15, 0.2) is 30.8 Å². The summed E-state index contributed by atoms with van der Waals surface area (Å²) in [5.74, 6) is 0. The quantitative estimate of drug-likeness (QED) is 0.646. The van der Waals surface area contributed by atoms with E-state index in [4.69, 9.17) is 4.74 Å². The minimum absolute atomic E-state index is 0.351. The fraction of sp³-hybridized carbons (Fsp3) is 0.273. The van der Waals surface area contributed by atoms with Crippen molar-refractivity contribution in [2.45, 2.75) is 12.5 Å². The van der Waals surface area contributed by atoms with Gasteiger partial charge in [0.1, 0.15) is 0 Å². The molecule has 1 aromatic rings. The summed E-state index contributed by atoms with van der Waals surface area (Å²) < 4.78 is 5.36. The van der Waals surface area contributed by atoms with Crippen LogP contribution >= 0.6 is 0 Å². The van der Waals surface area contributed by atoms with Crippen molar-refractivity contribution in [3.8, 4) is 0 Å². The van der Waals surface area contributed by atoms with Crippen molar-refractivity contribution >= 4 is 6.08 Å². The third-order valence-corrected chi connectivity index (χ3v) is 2.24. The molecular weight excluding hydrogens is 148 g/mol. The van der Waals surface area contributed by atoms with Gasteiger partial charge in [-0.1, -0.05) is 36.9 Å². The lowest BCUT2D eigenvalue weighted by atomic mass is 10.0. The van der Waals surface area contributed by atoms with Crippen LogP contribution in [0.2, 0.25) is 0 Å². The highest BCUT2D eigenvalue weighted by atomic mass is 16.5. The first kappa shape index (κ1) is 7.56. The summed E-state index contributed by atoms with van der Waals surface area (Å²) in [7, 11) is 0. The molecule has 0 amide bonds. The van der Waals surface area contributed by atoms with Crippen molar-refractivity contribution in [2.24, 2.45) is 0 Å². The summed E-state index contributed by atoms with van der Waals surface area (Å²) in [5, 5.41) is 0. The summed E-state index contributed by atoms with van der Waals surface area (Å²) >= 11 is 0. The summed E-state index contributed by atoms with van der Waals surface area (Å²) in [5.41, 5.74) is 2.45. The van der Waals surface area contributed by atoms with Gasteiger partial charge in [0.05, 0.1) is 12.7 Å². The number of rotatable bonds is 2. The topological polar surface area (TPSA) is 9.23 Å². The molecule has 1 heteroatoms. The second-order valence-electron chi connectivity index (χ2n) is 3.02. The number of hydrogen-bond donors (Lipinski definition) is 0. The summed E-state index contributed by atoms with van der Waals surface area (Å²) in [4.78, 5) is 0. The first-order valence-corrected chi connectivity index (χ1v) is 4.24. The lowest BCUT2D eigenvalue weighted by molar-refractivity contribution is -0.0527. The van der Waals surface area contributed by atoms with Crippen LogP contribution in [0.1, 0.15) is 23.7 Å². The van der Waals surface area contributed by atoms with E-state index in [0.29, 0.717) is 6.10 Å². The van der Waals surface area contributed by atoms with Crippen LogP contribution in [0.4, 0.5) is 0 Å². The molecule has 62 valence electrons. The molecule has 0 radical (unpaired) electrons. The van der Waals surface area contributed by atoms with Crippen LogP contribution in [0.3, 0.4) is 0 Å². The summed E-state index contributed by atoms with van der Waals surface area (Å²) in [6.45, 7) is 4.62. The Morgan fingerprint density at radius 1 is 1.33 bits per heavy atom. The highest BCUT2D eigenvalue weighted by molar-refractivity contribution is 5.47. The van der Waals surface area contributed by atoms with Crippen LogP contribution in [0.25, 0.3) is 6.08 Å². The maximum atomic E-state index is 5.36. The molecule has 1 aliphatic rings. The van der Waals surface area contributed by atoms with E-state index in [9.17, 15) is 0 Å².